The molecular weight excluding hydrogens is 569 g/mol. The highest BCUT2D eigenvalue weighted by Gasteiger charge is 2.25. The van der Waals surface area contributed by atoms with Gasteiger partial charge in [-0.2, -0.15) is 5.10 Å². The quantitative estimate of drug-likeness (QED) is 0.208. The number of benzene rings is 2. The molecule has 36 heavy (non-hydrogen) atoms. The summed E-state index contributed by atoms with van der Waals surface area (Å²) >= 11 is 15.4. The monoisotopic (exact) mass is 593 g/mol. The second-order valence-electron chi connectivity index (χ2n) is 8.47. The number of carbonyl (C=O) groups is 2. The van der Waals surface area contributed by atoms with Gasteiger partial charge >= 0.3 is 0 Å². The molecule has 0 radical (unpaired) electrons. The Morgan fingerprint density at radius 1 is 1.06 bits per heavy atom. The van der Waals surface area contributed by atoms with Crippen molar-refractivity contribution in [2.45, 2.75) is 39.3 Å². The highest BCUT2D eigenvalue weighted by Crippen LogP contribution is 2.28. The minimum atomic E-state index is -0.894. The molecule has 1 aromatic heterocycles. The molecule has 2 amide bonds. The van der Waals surface area contributed by atoms with Crippen molar-refractivity contribution >= 4 is 57.2 Å². The first kappa shape index (κ1) is 27.8. The van der Waals surface area contributed by atoms with Crippen molar-refractivity contribution < 1.29 is 18.7 Å². The number of hydrogen-bond donors (Lipinski definition) is 2. The molecule has 3 rings (SSSR count). The van der Waals surface area contributed by atoms with Crippen LogP contribution in [0.25, 0.3) is 11.3 Å². The maximum absolute atomic E-state index is 12.8. The number of nitrogens with zero attached hydrogens (tertiary/aromatic N) is 1. The van der Waals surface area contributed by atoms with Crippen LogP contribution >= 0.6 is 39.1 Å². The second kappa shape index (κ2) is 12.9. The van der Waals surface area contributed by atoms with E-state index in [1.165, 1.54) is 12.3 Å². The highest BCUT2D eigenvalue weighted by atomic mass is 79.9. The van der Waals surface area contributed by atoms with E-state index in [0.717, 1.165) is 10.0 Å². The number of rotatable bonds is 10. The predicted molar refractivity (Wildman–Crippen MR) is 146 cm³/mol. The summed E-state index contributed by atoms with van der Waals surface area (Å²) in [5, 5.41) is 7.47. The molecule has 0 fully saturated rings. The van der Waals surface area contributed by atoms with Crippen LogP contribution in [0.1, 0.15) is 33.0 Å². The van der Waals surface area contributed by atoms with E-state index in [2.05, 4.69) is 31.8 Å². The van der Waals surface area contributed by atoms with Crippen molar-refractivity contribution in [1.29, 1.82) is 0 Å². The van der Waals surface area contributed by atoms with E-state index in [0.29, 0.717) is 28.7 Å². The van der Waals surface area contributed by atoms with E-state index < -0.39 is 24.0 Å². The molecule has 0 unspecified atom stereocenters. The van der Waals surface area contributed by atoms with Crippen LogP contribution in [0, 0.1) is 5.92 Å². The molecular formula is C26H26BrCl2N3O4. The number of hydrogen-bond acceptors (Lipinski definition) is 5. The molecule has 3 aromatic rings. The summed E-state index contributed by atoms with van der Waals surface area (Å²) in [4.78, 5) is 25.5. The molecule has 0 saturated heterocycles. The van der Waals surface area contributed by atoms with Crippen molar-refractivity contribution in [3.05, 3.63) is 74.9 Å². The Labute approximate surface area is 228 Å². The Morgan fingerprint density at radius 2 is 1.78 bits per heavy atom. The number of nitrogens with one attached hydrogen (secondary N) is 2. The van der Waals surface area contributed by atoms with E-state index in [4.69, 9.17) is 32.4 Å². The molecule has 190 valence electrons. The average Bonchev–Trinajstić information content (AvgIpc) is 3.29. The summed E-state index contributed by atoms with van der Waals surface area (Å²) in [7, 11) is 0. The highest BCUT2D eigenvalue weighted by molar-refractivity contribution is 9.10. The van der Waals surface area contributed by atoms with Gasteiger partial charge in [-0.25, -0.2) is 5.43 Å². The summed E-state index contributed by atoms with van der Waals surface area (Å²) < 4.78 is 12.4. The Kier molecular flexibility index (Phi) is 9.98. The second-order valence-corrected chi connectivity index (χ2v) is 10.2. The van der Waals surface area contributed by atoms with Crippen molar-refractivity contribution in [3.8, 4) is 17.1 Å². The van der Waals surface area contributed by atoms with Crippen molar-refractivity contribution in [3.63, 3.8) is 0 Å². The van der Waals surface area contributed by atoms with Gasteiger partial charge in [0.1, 0.15) is 23.3 Å². The molecule has 0 bridgehead atoms. The summed E-state index contributed by atoms with van der Waals surface area (Å²) in [5.41, 5.74) is 3.39. The van der Waals surface area contributed by atoms with Gasteiger partial charge in [0.25, 0.3) is 11.8 Å². The zero-order valence-corrected chi connectivity index (χ0v) is 23.0. The lowest BCUT2D eigenvalue weighted by atomic mass is 10.0. The number of furan rings is 1. The largest absolute Gasteiger partial charge is 0.479 e. The molecule has 10 heteroatoms. The number of amides is 2. The van der Waals surface area contributed by atoms with E-state index >= 15 is 0 Å². The smallest absolute Gasteiger partial charge is 0.262 e. The van der Waals surface area contributed by atoms with Crippen LogP contribution in [-0.2, 0) is 9.59 Å². The lowest BCUT2D eigenvalue weighted by Gasteiger charge is -2.22. The Hall–Kier alpha value is -2.81. The minimum Gasteiger partial charge on any atom is -0.479 e. The van der Waals surface area contributed by atoms with Crippen molar-refractivity contribution in [2.24, 2.45) is 11.0 Å². The van der Waals surface area contributed by atoms with E-state index in [9.17, 15) is 9.59 Å². The number of halogens is 3. The lowest BCUT2D eigenvalue weighted by molar-refractivity contribution is -0.132. The van der Waals surface area contributed by atoms with Crippen LogP contribution in [0.4, 0.5) is 0 Å². The average molecular weight is 595 g/mol. The molecule has 0 aliphatic heterocycles. The Balaban J connectivity index is 1.59. The SMILES string of the molecule is CC(C)C[C@@H](NC(=O)[C@H](C)Oc1ccc(Cl)cc1Cl)C(=O)N/N=C\c1ccc(-c2ccc(Br)cc2)o1. The maximum Gasteiger partial charge on any atom is 0.262 e. The third-order valence-corrected chi connectivity index (χ3v) is 6.09. The molecule has 0 aliphatic carbocycles. The van der Waals surface area contributed by atoms with Gasteiger partial charge in [0.2, 0.25) is 0 Å². The fourth-order valence-electron chi connectivity index (χ4n) is 3.24. The van der Waals surface area contributed by atoms with Gasteiger partial charge in [0.15, 0.2) is 6.10 Å². The maximum atomic E-state index is 12.8. The van der Waals surface area contributed by atoms with Crippen molar-refractivity contribution in [2.75, 3.05) is 0 Å². The fourth-order valence-corrected chi connectivity index (χ4v) is 3.95. The summed E-state index contributed by atoms with van der Waals surface area (Å²) in [6, 6.07) is 15.2. The lowest BCUT2D eigenvalue weighted by Crippen LogP contribution is -2.49. The van der Waals surface area contributed by atoms with E-state index in [1.54, 1.807) is 25.1 Å². The third-order valence-electron chi connectivity index (χ3n) is 5.03. The molecule has 1 heterocycles. The van der Waals surface area contributed by atoms with Crippen LogP contribution < -0.4 is 15.5 Å². The van der Waals surface area contributed by atoms with Gasteiger partial charge in [-0.3, -0.25) is 9.59 Å². The number of hydrazone groups is 1. The van der Waals surface area contributed by atoms with Gasteiger partial charge in [-0.05, 0) is 61.7 Å². The van der Waals surface area contributed by atoms with E-state index in [-0.39, 0.29) is 10.9 Å². The summed E-state index contributed by atoms with van der Waals surface area (Å²) in [6.07, 6.45) is 0.925. The first-order valence-corrected chi connectivity index (χ1v) is 12.8. The molecule has 2 N–H and O–H groups in total. The van der Waals surface area contributed by atoms with Crippen LogP contribution in [0.5, 0.6) is 5.75 Å². The van der Waals surface area contributed by atoms with Crippen LogP contribution in [0.3, 0.4) is 0 Å². The minimum absolute atomic E-state index is 0.144. The fraction of sp³-hybridized carbons (Fsp3) is 0.269. The molecule has 0 aliphatic rings. The molecule has 0 spiro atoms. The first-order valence-electron chi connectivity index (χ1n) is 11.2. The number of ether oxygens (including phenoxy) is 1. The van der Waals surface area contributed by atoms with Crippen LogP contribution in [0.15, 0.2) is 68.6 Å². The van der Waals surface area contributed by atoms with E-state index in [1.807, 2.05) is 44.2 Å². The van der Waals surface area contributed by atoms with Crippen molar-refractivity contribution in [1.82, 2.24) is 10.7 Å². The van der Waals surface area contributed by atoms with Gasteiger partial charge in [-0.15, -0.1) is 0 Å². The summed E-state index contributed by atoms with van der Waals surface area (Å²) in [5.74, 6) is 0.694. The third kappa shape index (κ3) is 8.11. The normalized spacial score (nSPS) is 13.0. The van der Waals surface area contributed by atoms with Gasteiger partial charge in [0.05, 0.1) is 11.2 Å². The molecule has 0 saturated carbocycles. The molecule has 7 nitrogen and oxygen atoms in total. The number of carbonyl (C=O) groups excluding carboxylic acids is 2. The topological polar surface area (TPSA) is 92.9 Å². The predicted octanol–water partition coefficient (Wildman–Crippen LogP) is 6.46. The van der Waals surface area contributed by atoms with Gasteiger partial charge in [0, 0.05) is 15.1 Å². The van der Waals surface area contributed by atoms with Gasteiger partial charge in [-0.1, -0.05) is 65.1 Å². The zero-order chi connectivity index (χ0) is 26.2. The molecule has 2 aromatic carbocycles. The van der Waals surface area contributed by atoms with Gasteiger partial charge < -0.3 is 14.5 Å². The Morgan fingerprint density at radius 3 is 2.44 bits per heavy atom. The first-order chi connectivity index (χ1) is 17.1. The Bertz CT molecular complexity index is 1230. The molecule has 2 atom stereocenters. The summed E-state index contributed by atoms with van der Waals surface area (Å²) in [6.45, 7) is 5.48. The van der Waals surface area contributed by atoms with Crippen LogP contribution in [-0.4, -0.2) is 30.2 Å². The zero-order valence-electron chi connectivity index (χ0n) is 19.9. The van der Waals surface area contributed by atoms with Crippen LogP contribution in [0.2, 0.25) is 10.0 Å². The standard InChI is InChI=1S/C26H26BrCl2N3O4/c1-15(2)12-22(31-25(33)16(3)35-24-10-8-19(28)13-21(24)29)26(34)32-30-14-20-9-11-23(36-20)17-4-6-18(27)7-5-17/h4-11,13-16,22H,12H2,1-3H3,(H,31,33)(H,32,34)/b30-14-/t16-,22+/m0/s1.